The molecule has 16 heteroatoms. The summed E-state index contributed by atoms with van der Waals surface area (Å²) < 4.78 is 68.5. The number of azo groups is 2. The van der Waals surface area contributed by atoms with Crippen LogP contribution in [0, 0.1) is 0 Å². The van der Waals surface area contributed by atoms with E-state index in [1.807, 2.05) is 6.07 Å². The third-order valence-electron chi connectivity index (χ3n) is 7.58. The van der Waals surface area contributed by atoms with Crippen LogP contribution in [-0.2, 0) is 20.2 Å². The van der Waals surface area contributed by atoms with Crippen LogP contribution in [0.25, 0.3) is 33.7 Å². The molecule has 6 aromatic rings. The lowest BCUT2D eigenvalue weighted by molar-refractivity contribution is 0.472. The number of nitrogens with two attached hydrogens (primary N) is 2. The van der Waals surface area contributed by atoms with Gasteiger partial charge in [-0.05, 0) is 70.4 Å². The number of rotatable bonds is 8. The van der Waals surface area contributed by atoms with Gasteiger partial charge in [0.25, 0.3) is 20.2 Å². The summed E-state index contributed by atoms with van der Waals surface area (Å²) >= 11 is 0. The summed E-state index contributed by atoms with van der Waals surface area (Å²) in [6, 6.07) is 24.6. The van der Waals surface area contributed by atoms with Crippen LogP contribution in [0.2, 0.25) is 0 Å². The second-order valence-corrected chi connectivity index (χ2v) is 13.7. The molecule has 0 aromatic heterocycles. The van der Waals surface area contributed by atoms with E-state index < -0.39 is 41.5 Å². The fourth-order valence-electron chi connectivity index (χ4n) is 5.18. The molecule has 14 nitrogen and oxygen atoms in total. The molecule has 0 aliphatic heterocycles. The molecule has 8 N–H and O–H groups in total. The van der Waals surface area contributed by atoms with Crippen molar-refractivity contribution in [3.05, 3.63) is 108 Å². The SMILES string of the molecule is Nc1cccc2ccc(N=Nc3ccc(/C=C/c4ccc(N=Nc5c(S(=O)(=O)O)cc6cccc(N)c6c5O)cc4S(=O)(=O)O)cc3)c(O)c12. The standard InChI is InChI=1S/C34H26N6O8S2/c35-25-5-1-3-21-12-16-27(33(41)30(21)25)39-37-23-13-8-19(9-14-23)7-10-20-11-15-24(18-28(20)49(43,44)45)38-40-32-29(50(46,47)48)17-22-4-2-6-26(36)31(22)34(32)42/h1-18,41-42H,35-36H2,(H,43,44,45)(H,46,47,48)/b10-7+,39-37?,40-38?. The average Bonchev–Trinajstić information content (AvgIpc) is 3.06. The lowest BCUT2D eigenvalue weighted by atomic mass is 10.1. The van der Waals surface area contributed by atoms with Crippen LogP contribution >= 0.6 is 0 Å². The zero-order valence-electron chi connectivity index (χ0n) is 25.6. The molecular weight excluding hydrogens is 685 g/mol. The zero-order valence-corrected chi connectivity index (χ0v) is 27.2. The number of hydrogen-bond donors (Lipinski definition) is 6. The summed E-state index contributed by atoms with van der Waals surface area (Å²) in [6.45, 7) is 0. The van der Waals surface area contributed by atoms with E-state index in [1.165, 1.54) is 36.4 Å². The fraction of sp³-hybridized carbons (Fsp3) is 0. The minimum atomic E-state index is -4.89. The van der Waals surface area contributed by atoms with E-state index in [4.69, 9.17) is 11.5 Å². The monoisotopic (exact) mass is 710 g/mol. The smallest absolute Gasteiger partial charge is 0.296 e. The van der Waals surface area contributed by atoms with Gasteiger partial charge in [-0.1, -0.05) is 60.7 Å². The van der Waals surface area contributed by atoms with Gasteiger partial charge in [-0.25, -0.2) is 0 Å². The Labute approximate surface area is 284 Å². The van der Waals surface area contributed by atoms with Gasteiger partial charge in [0.05, 0.1) is 11.4 Å². The fourth-order valence-corrected chi connectivity index (χ4v) is 6.54. The van der Waals surface area contributed by atoms with Crippen molar-refractivity contribution in [1.29, 1.82) is 0 Å². The first-order chi connectivity index (χ1) is 23.7. The number of anilines is 2. The van der Waals surface area contributed by atoms with Gasteiger partial charge in [-0.15, -0.1) is 10.2 Å². The second-order valence-electron chi connectivity index (χ2n) is 10.9. The number of benzene rings is 6. The lowest BCUT2D eigenvalue weighted by Gasteiger charge is -2.10. The predicted octanol–water partition coefficient (Wildman–Crippen LogP) is 8.06. The molecular formula is C34H26N6O8S2. The van der Waals surface area contributed by atoms with Gasteiger partial charge in [0.2, 0.25) is 0 Å². The van der Waals surface area contributed by atoms with Gasteiger partial charge in [0.1, 0.15) is 21.2 Å². The molecule has 6 aromatic carbocycles. The van der Waals surface area contributed by atoms with Crippen molar-refractivity contribution in [1.82, 2.24) is 0 Å². The quantitative estimate of drug-likeness (QED) is 0.0383. The third kappa shape index (κ3) is 6.85. The molecule has 0 radical (unpaired) electrons. The number of fused-ring (bicyclic) bond motifs is 2. The summed E-state index contributed by atoms with van der Waals surface area (Å²) in [5.74, 6) is -0.762. The second kappa shape index (κ2) is 13.0. The molecule has 0 heterocycles. The highest BCUT2D eigenvalue weighted by molar-refractivity contribution is 7.86. The number of aromatic hydroxyl groups is 2. The minimum absolute atomic E-state index is 0.0684. The highest BCUT2D eigenvalue weighted by Crippen LogP contribution is 2.44. The topological polar surface area (TPSA) is 251 Å². The van der Waals surface area contributed by atoms with E-state index in [2.05, 4.69) is 20.5 Å². The molecule has 0 aliphatic carbocycles. The summed E-state index contributed by atoms with van der Waals surface area (Å²) in [7, 11) is -9.68. The molecule has 50 heavy (non-hydrogen) atoms. The summed E-state index contributed by atoms with van der Waals surface area (Å²) in [5, 5.41) is 39.0. The average molecular weight is 711 g/mol. The van der Waals surface area contributed by atoms with Crippen molar-refractivity contribution in [3.63, 3.8) is 0 Å². The van der Waals surface area contributed by atoms with Gasteiger partial charge >= 0.3 is 0 Å². The maximum Gasteiger partial charge on any atom is 0.296 e. The van der Waals surface area contributed by atoms with Crippen LogP contribution in [0.5, 0.6) is 11.5 Å². The zero-order chi connectivity index (χ0) is 35.8. The Morgan fingerprint density at radius 3 is 1.82 bits per heavy atom. The Hall–Kier alpha value is -6.20. The number of phenolic OH excluding ortho intramolecular Hbond substituents is 2. The van der Waals surface area contributed by atoms with Gasteiger partial charge < -0.3 is 21.7 Å². The van der Waals surface area contributed by atoms with E-state index in [9.17, 15) is 36.2 Å². The van der Waals surface area contributed by atoms with Gasteiger partial charge in [-0.2, -0.15) is 27.1 Å². The van der Waals surface area contributed by atoms with Crippen molar-refractivity contribution in [2.45, 2.75) is 9.79 Å². The number of nitrogen functional groups attached to an aromatic ring is 2. The molecule has 0 unspecified atom stereocenters. The van der Waals surface area contributed by atoms with Gasteiger partial charge in [-0.3, -0.25) is 9.11 Å². The summed E-state index contributed by atoms with van der Waals surface area (Å²) in [6.07, 6.45) is 3.02. The molecule has 0 saturated carbocycles. The molecule has 0 fully saturated rings. The highest BCUT2D eigenvalue weighted by Gasteiger charge is 2.23. The first-order valence-electron chi connectivity index (χ1n) is 14.5. The Balaban J connectivity index is 1.26. The van der Waals surface area contributed by atoms with Crippen LogP contribution in [-0.4, -0.2) is 36.2 Å². The largest absolute Gasteiger partial charge is 0.505 e. The number of nitrogens with zero attached hydrogens (tertiary/aromatic N) is 4. The maximum atomic E-state index is 12.3. The van der Waals surface area contributed by atoms with Crippen molar-refractivity contribution in [3.8, 4) is 11.5 Å². The number of hydrogen-bond acceptors (Lipinski definition) is 12. The van der Waals surface area contributed by atoms with Crippen molar-refractivity contribution in [2.24, 2.45) is 20.5 Å². The molecule has 6 rings (SSSR count). The first-order valence-corrected chi connectivity index (χ1v) is 17.3. The summed E-state index contributed by atoms with van der Waals surface area (Å²) in [4.78, 5) is -1.29. The van der Waals surface area contributed by atoms with Crippen molar-refractivity contribution >= 4 is 88.1 Å². The highest BCUT2D eigenvalue weighted by atomic mass is 32.2. The Morgan fingerprint density at radius 2 is 1.16 bits per heavy atom. The summed E-state index contributed by atoms with van der Waals surface area (Å²) in [5.41, 5.74) is 13.1. The Morgan fingerprint density at radius 1 is 0.560 bits per heavy atom. The lowest BCUT2D eigenvalue weighted by Crippen LogP contribution is -2.00. The van der Waals surface area contributed by atoms with E-state index in [1.54, 1.807) is 54.6 Å². The maximum absolute atomic E-state index is 12.3. The Kier molecular flexibility index (Phi) is 8.77. The Bertz CT molecular complexity index is 2640. The molecule has 0 bridgehead atoms. The van der Waals surface area contributed by atoms with Crippen LogP contribution in [0.1, 0.15) is 11.1 Å². The van der Waals surface area contributed by atoms with Crippen molar-refractivity contribution in [2.75, 3.05) is 11.5 Å². The molecule has 0 amide bonds. The van der Waals surface area contributed by atoms with Crippen LogP contribution < -0.4 is 11.5 Å². The molecule has 0 atom stereocenters. The van der Waals surface area contributed by atoms with Crippen molar-refractivity contribution < 1.29 is 36.2 Å². The molecule has 0 spiro atoms. The predicted molar refractivity (Wildman–Crippen MR) is 190 cm³/mol. The number of phenols is 2. The van der Waals surface area contributed by atoms with Gasteiger partial charge in [0.15, 0.2) is 11.5 Å². The molecule has 0 saturated heterocycles. The van der Waals surface area contributed by atoms with E-state index in [0.717, 1.165) is 17.5 Å². The van der Waals surface area contributed by atoms with Crippen LogP contribution in [0.15, 0.2) is 127 Å². The van der Waals surface area contributed by atoms with Gasteiger partial charge in [0, 0.05) is 22.1 Å². The van der Waals surface area contributed by atoms with Crippen LogP contribution in [0.4, 0.5) is 34.1 Å². The molecule has 252 valence electrons. The molecule has 0 aliphatic rings. The minimum Gasteiger partial charge on any atom is -0.505 e. The van der Waals surface area contributed by atoms with E-state index in [0.29, 0.717) is 22.3 Å². The normalized spacial score (nSPS) is 12.6. The van der Waals surface area contributed by atoms with E-state index in [-0.39, 0.29) is 39.1 Å². The van der Waals surface area contributed by atoms with E-state index >= 15 is 0 Å². The third-order valence-corrected chi connectivity index (χ3v) is 9.36. The first kappa shape index (κ1) is 33.7. The van der Waals surface area contributed by atoms with Crippen LogP contribution in [0.3, 0.4) is 0 Å².